The highest BCUT2D eigenvalue weighted by Crippen LogP contribution is 2.05. The fourth-order valence-corrected chi connectivity index (χ4v) is 1.03. The lowest BCUT2D eigenvalue weighted by Crippen LogP contribution is -2.40. The highest BCUT2D eigenvalue weighted by atomic mass is 16.5. The van der Waals surface area contributed by atoms with Crippen molar-refractivity contribution < 1.29 is 9.53 Å². The third-order valence-corrected chi connectivity index (χ3v) is 1.78. The predicted molar refractivity (Wildman–Crippen MR) is 65.2 cm³/mol. The molecule has 0 unspecified atom stereocenters. The Labute approximate surface area is 100 Å². The van der Waals surface area contributed by atoms with E-state index in [0.29, 0.717) is 18.4 Å². The average molecular weight is 236 g/mol. The molecule has 1 amide bonds. The molecule has 6 heteroatoms. The first-order chi connectivity index (χ1) is 8.13. The summed E-state index contributed by atoms with van der Waals surface area (Å²) in [7, 11) is 3.54. The predicted octanol–water partition coefficient (Wildman–Crippen LogP) is 1.38. The molecule has 1 heterocycles. The van der Waals surface area contributed by atoms with Crippen molar-refractivity contribution in [3.63, 3.8) is 0 Å². The first-order valence-electron chi connectivity index (χ1n) is 5.24. The first-order valence-corrected chi connectivity index (χ1v) is 5.24. The van der Waals surface area contributed by atoms with Crippen LogP contribution in [0.5, 0.6) is 0 Å². The Kier molecular flexibility index (Phi) is 4.93. The molecule has 0 saturated carbocycles. The van der Waals surface area contributed by atoms with E-state index in [1.165, 1.54) is 0 Å². The second-order valence-corrected chi connectivity index (χ2v) is 3.36. The van der Waals surface area contributed by atoms with Crippen LogP contribution in [-0.2, 0) is 4.74 Å². The van der Waals surface area contributed by atoms with Gasteiger partial charge in [0.15, 0.2) is 5.82 Å². The van der Waals surface area contributed by atoms with Crippen LogP contribution in [-0.4, -0.2) is 42.6 Å². The molecule has 0 spiro atoms. The summed E-state index contributed by atoms with van der Waals surface area (Å²) in [6.07, 6.45) is 1.10. The second-order valence-electron chi connectivity index (χ2n) is 3.36. The molecule has 0 saturated heterocycles. The van der Waals surface area contributed by atoms with E-state index >= 15 is 0 Å². The number of guanidine groups is 1. The Bertz CT molecular complexity index is 390. The Morgan fingerprint density at radius 3 is 2.82 bits per heavy atom. The zero-order chi connectivity index (χ0) is 12.7. The number of nitrogens with zero attached hydrogens (tertiary/aromatic N) is 3. The van der Waals surface area contributed by atoms with Gasteiger partial charge in [-0.2, -0.15) is 4.99 Å². The molecule has 0 aliphatic carbocycles. The molecule has 0 bridgehead atoms. The zero-order valence-electron chi connectivity index (χ0n) is 10.2. The number of rotatable bonds is 2. The maximum atomic E-state index is 11.3. The number of ether oxygens (including phenoxy) is 1. The van der Waals surface area contributed by atoms with E-state index < -0.39 is 6.09 Å². The van der Waals surface area contributed by atoms with Crippen LogP contribution in [0.2, 0.25) is 0 Å². The number of hydrogen-bond acceptors (Lipinski definition) is 4. The summed E-state index contributed by atoms with van der Waals surface area (Å²) in [6, 6.07) is 5.37. The first kappa shape index (κ1) is 13.0. The quantitative estimate of drug-likeness (QED) is 0.622. The number of nitrogens with one attached hydrogen (secondary N) is 1. The van der Waals surface area contributed by atoms with Gasteiger partial charge in [0.25, 0.3) is 0 Å². The number of carbonyl (C=O) groups excluding carboxylic acids is 1. The highest BCUT2D eigenvalue weighted by Gasteiger charge is 2.08. The van der Waals surface area contributed by atoms with E-state index in [0.717, 1.165) is 0 Å². The smallest absolute Gasteiger partial charge is 0.413 e. The molecule has 0 atom stereocenters. The monoisotopic (exact) mass is 236 g/mol. The van der Waals surface area contributed by atoms with Crippen molar-refractivity contribution in [3.8, 4) is 0 Å². The highest BCUT2D eigenvalue weighted by molar-refractivity contribution is 5.94. The van der Waals surface area contributed by atoms with Crippen molar-refractivity contribution in [2.75, 3.05) is 20.7 Å². The molecule has 1 N–H and O–H groups in total. The van der Waals surface area contributed by atoms with Crippen molar-refractivity contribution >= 4 is 17.9 Å². The number of hydrogen-bond donors (Lipinski definition) is 1. The Hall–Kier alpha value is -2.11. The molecule has 0 radical (unpaired) electrons. The molecular weight excluding hydrogens is 220 g/mol. The molecule has 92 valence electrons. The normalized spacial score (nSPS) is 10.9. The van der Waals surface area contributed by atoms with Gasteiger partial charge in [0.1, 0.15) is 0 Å². The Morgan fingerprint density at radius 2 is 2.29 bits per heavy atom. The zero-order valence-corrected chi connectivity index (χ0v) is 10.2. The summed E-state index contributed by atoms with van der Waals surface area (Å²) in [5.74, 6) is 0.898. The number of amides is 1. The summed E-state index contributed by atoms with van der Waals surface area (Å²) in [4.78, 5) is 21.2. The van der Waals surface area contributed by atoms with Crippen molar-refractivity contribution in [2.45, 2.75) is 6.92 Å². The minimum atomic E-state index is -0.532. The number of carbonyl (C=O) groups is 1. The molecule has 1 aromatic rings. The Morgan fingerprint density at radius 1 is 1.53 bits per heavy atom. The van der Waals surface area contributed by atoms with Gasteiger partial charge in [-0.05, 0) is 19.1 Å². The minimum Gasteiger partial charge on any atom is -0.450 e. The fourth-order valence-electron chi connectivity index (χ4n) is 1.03. The van der Waals surface area contributed by atoms with Crippen LogP contribution in [0, 0.1) is 0 Å². The fraction of sp³-hybridized carbons (Fsp3) is 0.364. The summed E-state index contributed by atoms with van der Waals surface area (Å²) >= 11 is 0. The van der Waals surface area contributed by atoms with Crippen molar-refractivity contribution in [1.82, 2.24) is 15.2 Å². The Balaban J connectivity index is 2.79. The molecule has 0 aliphatic heterocycles. The van der Waals surface area contributed by atoms with E-state index in [4.69, 9.17) is 4.74 Å². The van der Waals surface area contributed by atoms with Gasteiger partial charge < -0.3 is 9.64 Å². The maximum Gasteiger partial charge on any atom is 0.413 e. The molecular formula is C11H16N4O2. The number of aliphatic imine (C=N–C) groups is 1. The van der Waals surface area contributed by atoms with E-state index in [1.54, 1.807) is 44.2 Å². The lowest BCUT2D eigenvalue weighted by atomic mass is 10.5. The topological polar surface area (TPSA) is 66.8 Å². The summed E-state index contributed by atoms with van der Waals surface area (Å²) < 4.78 is 4.78. The van der Waals surface area contributed by atoms with Gasteiger partial charge in [0, 0.05) is 20.3 Å². The van der Waals surface area contributed by atoms with Gasteiger partial charge >= 0.3 is 6.09 Å². The van der Waals surface area contributed by atoms with Gasteiger partial charge in [-0.1, -0.05) is 6.07 Å². The molecule has 6 nitrogen and oxygen atoms in total. The standard InChI is InChI=1S/C11H16N4O2/c1-4-17-11(16)14-10(15(2)3)13-9-7-5-6-8-12-9/h5-8H,4H2,1-3H3,(H,12,13,14,16). The van der Waals surface area contributed by atoms with Crippen molar-refractivity contribution in [3.05, 3.63) is 24.4 Å². The van der Waals surface area contributed by atoms with Gasteiger partial charge in [-0.25, -0.2) is 9.78 Å². The van der Waals surface area contributed by atoms with Crippen LogP contribution in [0.4, 0.5) is 10.6 Å². The second kappa shape index (κ2) is 6.47. The maximum absolute atomic E-state index is 11.3. The van der Waals surface area contributed by atoms with Crippen LogP contribution in [0.15, 0.2) is 29.4 Å². The van der Waals surface area contributed by atoms with Crippen LogP contribution in [0.3, 0.4) is 0 Å². The van der Waals surface area contributed by atoms with Crippen LogP contribution < -0.4 is 5.32 Å². The third kappa shape index (κ3) is 4.50. The van der Waals surface area contributed by atoms with Crippen molar-refractivity contribution in [1.29, 1.82) is 0 Å². The third-order valence-electron chi connectivity index (χ3n) is 1.78. The number of pyridine rings is 1. The minimum absolute atomic E-state index is 0.316. The number of alkyl carbamates (subject to hydrolysis) is 1. The summed E-state index contributed by atoms with van der Waals surface area (Å²) in [5.41, 5.74) is 0. The molecule has 0 aromatic carbocycles. The van der Waals surface area contributed by atoms with E-state index in [9.17, 15) is 4.79 Å². The van der Waals surface area contributed by atoms with Crippen molar-refractivity contribution in [2.24, 2.45) is 4.99 Å². The van der Waals surface area contributed by atoms with Crippen LogP contribution in [0.1, 0.15) is 6.92 Å². The van der Waals surface area contributed by atoms with E-state index in [1.807, 2.05) is 6.07 Å². The molecule has 17 heavy (non-hydrogen) atoms. The molecule has 1 rings (SSSR count). The summed E-state index contributed by atoms with van der Waals surface area (Å²) in [5, 5.41) is 2.54. The lowest BCUT2D eigenvalue weighted by Gasteiger charge is -2.15. The molecule has 1 aromatic heterocycles. The van der Waals surface area contributed by atoms with Gasteiger partial charge in [-0.15, -0.1) is 0 Å². The molecule has 0 fully saturated rings. The van der Waals surface area contributed by atoms with Gasteiger partial charge in [-0.3, -0.25) is 5.32 Å². The van der Waals surface area contributed by atoms with E-state index in [-0.39, 0.29) is 0 Å². The average Bonchev–Trinajstić information content (AvgIpc) is 2.29. The van der Waals surface area contributed by atoms with Gasteiger partial charge in [0.2, 0.25) is 5.96 Å². The largest absolute Gasteiger partial charge is 0.450 e. The van der Waals surface area contributed by atoms with Crippen LogP contribution in [0.25, 0.3) is 0 Å². The van der Waals surface area contributed by atoms with Gasteiger partial charge in [0.05, 0.1) is 6.61 Å². The van der Waals surface area contributed by atoms with Crippen LogP contribution >= 0.6 is 0 Å². The van der Waals surface area contributed by atoms with E-state index in [2.05, 4.69) is 15.3 Å². The SMILES string of the molecule is CCOC(=O)N/C(=N\c1ccccn1)N(C)C. The summed E-state index contributed by atoms with van der Waals surface area (Å²) in [6.45, 7) is 2.06. The lowest BCUT2D eigenvalue weighted by molar-refractivity contribution is 0.157. The number of aromatic nitrogens is 1. The molecule has 0 aliphatic rings.